The first kappa shape index (κ1) is 12.2. The molecule has 0 aliphatic rings. The van der Waals surface area contributed by atoms with E-state index in [0.717, 1.165) is 16.3 Å². The normalized spacial score (nSPS) is 10.6. The lowest BCUT2D eigenvalue weighted by atomic mass is 10.0. The molecule has 4 nitrogen and oxygen atoms in total. The van der Waals surface area contributed by atoms with Crippen molar-refractivity contribution >= 4 is 16.7 Å². The van der Waals surface area contributed by atoms with Gasteiger partial charge in [-0.3, -0.25) is 4.79 Å². The lowest BCUT2D eigenvalue weighted by molar-refractivity contribution is 0.0695. The number of pyridine rings is 1. The molecule has 0 bridgehead atoms. The molecule has 4 heteroatoms. The van der Waals surface area contributed by atoms with Crippen LogP contribution in [0.2, 0.25) is 0 Å². The van der Waals surface area contributed by atoms with Gasteiger partial charge in [0.15, 0.2) is 0 Å². The standard InChI is InChI=1S/C16H11NO3/c18-15-14(16(19)20)8-13(9-17-15)12-6-5-10-3-1-2-4-11(10)7-12/h1-9H,(H,17,18)(H,19,20). The van der Waals surface area contributed by atoms with Crippen LogP contribution in [-0.2, 0) is 0 Å². The second-order valence-corrected chi connectivity index (χ2v) is 4.50. The largest absolute Gasteiger partial charge is 0.477 e. The molecule has 0 spiro atoms. The summed E-state index contributed by atoms with van der Waals surface area (Å²) in [5.74, 6) is -1.23. The fraction of sp³-hybridized carbons (Fsp3) is 0. The summed E-state index contributed by atoms with van der Waals surface area (Å²) >= 11 is 0. The van der Waals surface area contributed by atoms with Crippen molar-refractivity contribution in [1.29, 1.82) is 0 Å². The van der Waals surface area contributed by atoms with E-state index >= 15 is 0 Å². The Kier molecular flexibility index (Phi) is 2.84. The SMILES string of the molecule is O=C(O)c1cc(-c2ccc3ccccc3c2)c[nH]c1=O. The van der Waals surface area contributed by atoms with E-state index in [2.05, 4.69) is 4.98 Å². The highest BCUT2D eigenvalue weighted by atomic mass is 16.4. The van der Waals surface area contributed by atoms with Gasteiger partial charge >= 0.3 is 5.97 Å². The number of carboxylic acid groups (broad SMARTS) is 1. The van der Waals surface area contributed by atoms with Gasteiger partial charge in [0.05, 0.1) is 0 Å². The van der Waals surface area contributed by atoms with Crippen LogP contribution >= 0.6 is 0 Å². The topological polar surface area (TPSA) is 70.2 Å². The molecule has 0 amide bonds. The molecule has 98 valence electrons. The van der Waals surface area contributed by atoms with Crippen molar-refractivity contribution in [3.63, 3.8) is 0 Å². The van der Waals surface area contributed by atoms with Crippen LogP contribution in [0.4, 0.5) is 0 Å². The molecule has 0 aliphatic heterocycles. The van der Waals surface area contributed by atoms with Crippen molar-refractivity contribution in [2.45, 2.75) is 0 Å². The van der Waals surface area contributed by atoms with Crippen molar-refractivity contribution in [1.82, 2.24) is 4.98 Å². The number of aromatic nitrogens is 1. The predicted octanol–water partition coefficient (Wildman–Crippen LogP) is 2.89. The van der Waals surface area contributed by atoms with E-state index in [-0.39, 0.29) is 5.56 Å². The Balaban J connectivity index is 2.18. The zero-order chi connectivity index (χ0) is 14.1. The molecule has 0 radical (unpaired) electrons. The molecular formula is C16H11NO3. The molecule has 1 aromatic heterocycles. The summed E-state index contributed by atoms with van der Waals surface area (Å²) < 4.78 is 0. The van der Waals surface area contributed by atoms with E-state index in [1.165, 1.54) is 12.3 Å². The van der Waals surface area contributed by atoms with Gasteiger partial charge in [0.1, 0.15) is 5.56 Å². The summed E-state index contributed by atoms with van der Waals surface area (Å²) in [6.07, 6.45) is 1.53. The molecule has 0 saturated carbocycles. The maximum absolute atomic E-state index is 11.4. The Labute approximate surface area is 114 Å². The highest BCUT2D eigenvalue weighted by molar-refractivity contribution is 5.90. The van der Waals surface area contributed by atoms with Crippen LogP contribution in [0.3, 0.4) is 0 Å². The van der Waals surface area contributed by atoms with Gasteiger partial charge in [-0.25, -0.2) is 4.79 Å². The third-order valence-corrected chi connectivity index (χ3v) is 3.22. The zero-order valence-electron chi connectivity index (χ0n) is 10.5. The van der Waals surface area contributed by atoms with Crippen LogP contribution < -0.4 is 5.56 Å². The first-order chi connectivity index (χ1) is 9.65. The summed E-state index contributed by atoms with van der Waals surface area (Å²) in [6, 6.07) is 15.1. The van der Waals surface area contributed by atoms with E-state index in [9.17, 15) is 9.59 Å². The summed E-state index contributed by atoms with van der Waals surface area (Å²) in [5, 5.41) is 11.2. The molecule has 3 rings (SSSR count). The number of benzene rings is 2. The highest BCUT2D eigenvalue weighted by Crippen LogP contribution is 2.23. The highest BCUT2D eigenvalue weighted by Gasteiger charge is 2.10. The van der Waals surface area contributed by atoms with Crippen LogP contribution in [-0.4, -0.2) is 16.1 Å². The number of carboxylic acids is 1. The van der Waals surface area contributed by atoms with Crippen molar-refractivity contribution < 1.29 is 9.90 Å². The molecule has 1 heterocycles. The molecular weight excluding hydrogens is 254 g/mol. The summed E-state index contributed by atoms with van der Waals surface area (Å²) in [7, 11) is 0. The van der Waals surface area contributed by atoms with Crippen LogP contribution in [0.15, 0.2) is 59.5 Å². The fourth-order valence-electron chi connectivity index (χ4n) is 2.18. The quantitative estimate of drug-likeness (QED) is 0.748. The summed E-state index contributed by atoms with van der Waals surface area (Å²) in [6.45, 7) is 0. The van der Waals surface area contributed by atoms with E-state index < -0.39 is 11.5 Å². The number of H-pyrrole nitrogens is 1. The molecule has 0 unspecified atom stereocenters. The minimum Gasteiger partial charge on any atom is -0.477 e. The number of hydrogen-bond acceptors (Lipinski definition) is 2. The molecule has 0 fully saturated rings. The number of carbonyl (C=O) groups is 1. The minimum atomic E-state index is -1.23. The van der Waals surface area contributed by atoms with Crippen molar-refractivity contribution in [2.24, 2.45) is 0 Å². The maximum Gasteiger partial charge on any atom is 0.341 e. The summed E-state index contributed by atoms with van der Waals surface area (Å²) in [5.41, 5.74) is 0.688. The minimum absolute atomic E-state index is 0.254. The molecule has 20 heavy (non-hydrogen) atoms. The van der Waals surface area contributed by atoms with Gasteiger partial charge in [0.25, 0.3) is 5.56 Å². The van der Waals surface area contributed by atoms with Crippen LogP contribution in [0.5, 0.6) is 0 Å². The average Bonchev–Trinajstić information content (AvgIpc) is 2.47. The van der Waals surface area contributed by atoms with Crippen LogP contribution in [0.1, 0.15) is 10.4 Å². The van der Waals surface area contributed by atoms with Crippen LogP contribution in [0.25, 0.3) is 21.9 Å². The third kappa shape index (κ3) is 2.07. The number of fused-ring (bicyclic) bond motifs is 1. The molecule has 2 aromatic carbocycles. The number of hydrogen-bond donors (Lipinski definition) is 2. The van der Waals surface area contributed by atoms with Crippen molar-refractivity contribution in [3.05, 3.63) is 70.6 Å². The molecule has 0 saturated heterocycles. The number of nitrogens with one attached hydrogen (secondary N) is 1. The van der Waals surface area contributed by atoms with Gasteiger partial charge < -0.3 is 10.1 Å². The van der Waals surface area contributed by atoms with Gasteiger partial charge in [-0.1, -0.05) is 36.4 Å². The second-order valence-electron chi connectivity index (χ2n) is 4.50. The number of rotatable bonds is 2. The van der Waals surface area contributed by atoms with E-state index in [0.29, 0.717) is 5.56 Å². The lowest BCUT2D eigenvalue weighted by Gasteiger charge is -2.05. The first-order valence-corrected chi connectivity index (χ1v) is 6.10. The molecule has 0 aliphatic carbocycles. The second kappa shape index (κ2) is 4.66. The summed E-state index contributed by atoms with van der Waals surface area (Å²) in [4.78, 5) is 24.9. The first-order valence-electron chi connectivity index (χ1n) is 6.10. The van der Waals surface area contributed by atoms with Gasteiger partial charge in [0.2, 0.25) is 0 Å². The fourth-order valence-corrected chi connectivity index (χ4v) is 2.18. The predicted molar refractivity (Wildman–Crippen MR) is 77.0 cm³/mol. The Morgan fingerprint density at radius 2 is 1.70 bits per heavy atom. The Morgan fingerprint density at radius 1 is 0.950 bits per heavy atom. The molecule has 3 aromatic rings. The zero-order valence-corrected chi connectivity index (χ0v) is 10.5. The van der Waals surface area contributed by atoms with E-state index in [4.69, 9.17) is 5.11 Å². The number of aromatic amines is 1. The van der Waals surface area contributed by atoms with E-state index in [1.54, 1.807) is 0 Å². The van der Waals surface area contributed by atoms with Crippen molar-refractivity contribution in [3.8, 4) is 11.1 Å². The van der Waals surface area contributed by atoms with Gasteiger partial charge in [0, 0.05) is 6.20 Å². The molecule has 0 atom stereocenters. The van der Waals surface area contributed by atoms with Gasteiger partial charge in [-0.15, -0.1) is 0 Å². The number of aromatic carboxylic acids is 1. The Morgan fingerprint density at radius 3 is 2.45 bits per heavy atom. The maximum atomic E-state index is 11.4. The lowest BCUT2D eigenvalue weighted by Crippen LogP contribution is -2.16. The Hall–Kier alpha value is -2.88. The smallest absolute Gasteiger partial charge is 0.341 e. The van der Waals surface area contributed by atoms with E-state index in [1.807, 2.05) is 42.5 Å². The molecule has 2 N–H and O–H groups in total. The monoisotopic (exact) mass is 265 g/mol. The van der Waals surface area contributed by atoms with Gasteiger partial charge in [-0.2, -0.15) is 0 Å². The van der Waals surface area contributed by atoms with Crippen molar-refractivity contribution in [2.75, 3.05) is 0 Å². The van der Waals surface area contributed by atoms with Crippen LogP contribution in [0, 0.1) is 0 Å². The average molecular weight is 265 g/mol. The van der Waals surface area contributed by atoms with Gasteiger partial charge in [-0.05, 0) is 34.0 Å². The third-order valence-electron chi connectivity index (χ3n) is 3.22. The Bertz CT molecular complexity index is 865.